The molecular formula is C17H14N4. The maximum Gasteiger partial charge on any atom is 0.205 e. The first-order chi connectivity index (χ1) is 10.2. The minimum Gasteiger partial charge on any atom is -0.369 e. The third-order valence-corrected chi connectivity index (χ3v) is 3.70. The van der Waals surface area contributed by atoms with Crippen molar-refractivity contribution >= 4 is 27.9 Å². The van der Waals surface area contributed by atoms with Crippen LogP contribution in [0.25, 0.3) is 27.6 Å². The minimum absolute atomic E-state index is 0.493. The van der Waals surface area contributed by atoms with Crippen LogP contribution in [0.5, 0.6) is 0 Å². The van der Waals surface area contributed by atoms with Gasteiger partial charge in [-0.2, -0.15) is 0 Å². The van der Waals surface area contributed by atoms with Gasteiger partial charge in [-0.1, -0.05) is 12.1 Å². The fourth-order valence-corrected chi connectivity index (χ4v) is 2.74. The van der Waals surface area contributed by atoms with Crippen molar-refractivity contribution in [2.24, 2.45) is 0 Å². The van der Waals surface area contributed by atoms with Gasteiger partial charge < -0.3 is 5.73 Å². The average molecular weight is 274 g/mol. The second-order valence-electron chi connectivity index (χ2n) is 5.14. The van der Waals surface area contributed by atoms with Crippen LogP contribution in [0.1, 0.15) is 5.56 Å². The summed E-state index contributed by atoms with van der Waals surface area (Å²) >= 11 is 0. The molecule has 0 bridgehead atoms. The summed E-state index contributed by atoms with van der Waals surface area (Å²) in [6.07, 6.45) is 1.80. The minimum atomic E-state index is 0.493. The summed E-state index contributed by atoms with van der Waals surface area (Å²) in [5.74, 6) is 0.493. The number of aryl methyl sites for hydroxylation is 1. The number of nitrogens with zero attached hydrogens (tertiary/aromatic N) is 3. The number of fused-ring (bicyclic) bond motifs is 2. The molecule has 4 aromatic rings. The maximum atomic E-state index is 6.16. The van der Waals surface area contributed by atoms with Crippen LogP contribution in [-0.2, 0) is 0 Å². The lowest BCUT2D eigenvalue weighted by atomic mass is 10.1. The molecule has 0 amide bonds. The van der Waals surface area contributed by atoms with Gasteiger partial charge in [0.25, 0.3) is 0 Å². The fraction of sp³-hybridized carbons (Fsp3) is 0.0588. The van der Waals surface area contributed by atoms with E-state index in [1.807, 2.05) is 34.9 Å². The van der Waals surface area contributed by atoms with E-state index in [1.165, 1.54) is 5.56 Å². The Bertz CT molecular complexity index is 964. The van der Waals surface area contributed by atoms with Crippen molar-refractivity contribution in [2.75, 3.05) is 5.73 Å². The Morgan fingerprint density at radius 3 is 2.81 bits per heavy atom. The largest absolute Gasteiger partial charge is 0.369 e. The molecule has 0 spiro atoms. The molecule has 21 heavy (non-hydrogen) atoms. The molecule has 0 aliphatic carbocycles. The van der Waals surface area contributed by atoms with Gasteiger partial charge in [-0.25, -0.2) is 4.98 Å². The molecule has 2 heterocycles. The summed E-state index contributed by atoms with van der Waals surface area (Å²) in [4.78, 5) is 8.88. The van der Waals surface area contributed by atoms with Crippen molar-refractivity contribution in [3.63, 3.8) is 0 Å². The van der Waals surface area contributed by atoms with Gasteiger partial charge in [0.2, 0.25) is 5.95 Å². The first-order valence-corrected chi connectivity index (χ1v) is 6.83. The van der Waals surface area contributed by atoms with Gasteiger partial charge in [0.05, 0.1) is 22.2 Å². The third kappa shape index (κ3) is 1.76. The molecule has 0 aliphatic rings. The molecule has 102 valence electrons. The van der Waals surface area contributed by atoms with E-state index in [9.17, 15) is 0 Å². The zero-order chi connectivity index (χ0) is 14.4. The molecule has 4 rings (SSSR count). The third-order valence-electron chi connectivity index (χ3n) is 3.70. The van der Waals surface area contributed by atoms with Crippen molar-refractivity contribution in [1.82, 2.24) is 14.5 Å². The lowest BCUT2D eigenvalue weighted by Gasteiger charge is -2.09. The SMILES string of the molecule is Cc1ccc2c(c1)nc(N)n2-c1cccc2ncccc12. The second kappa shape index (κ2) is 4.31. The number of pyridine rings is 1. The maximum absolute atomic E-state index is 6.16. The highest BCUT2D eigenvalue weighted by atomic mass is 15.2. The van der Waals surface area contributed by atoms with Crippen LogP contribution >= 0.6 is 0 Å². The number of hydrogen-bond donors (Lipinski definition) is 1. The molecule has 2 N–H and O–H groups in total. The summed E-state index contributed by atoms with van der Waals surface area (Å²) < 4.78 is 1.98. The molecule has 0 fully saturated rings. The zero-order valence-corrected chi connectivity index (χ0v) is 11.6. The van der Waals surface area contributed by atoms with E-state index < -0.39 is 0 Å². The molecule has 0 aliphatic heterocycles. The molecule has 0 saturated heterocycles. The van der Waals surface area contributed by atoms with Crippen molar-refractivity contribution in [2.45, 2.75) is 6.92 Å². The van der Waals surface area contributed by atoms with Gasteiger partial charge in [0.15, 0.2) is 0 Å². The van der Waals surface area contributed by atoms with Crippen LogP contribution in [-0.4, -0.2) is 14.5 Å². The number of nitrogen functional groups attached to an aromatic ring is 1. The summed E-state index contributed by atoms with van der Waals surface area (Å²) in [5, 5.41) is 1.06. The van der Waals surface area contributed by atoms with Crippen LogP contribution in [0.3, 0.4) is 0 Å². The van der Waals surface area contributed by atoms with Gasteiger partial charge in [0, 0.05) is 11.6 Å². The molecule has 0 atom stereocenters. The Labute approximate surface area is 121 Å². The number of nitrogens with two attached hydrogens (primary N) is 1. The van der Waals surface area contributed by atoms with Crippen LogP contribution in [0, 0.1) is 6.92 Å². The molecular weight excluding hydrogens is 260 g/mol. The van der Waals surface area contributed by atoms with E-state index >= 15 is 0 Å². The molecule has 4 nitrogen and oxygen atoms in total. The summed E-state index contributed by atoms with van der Waals surface area (Å²) in [6, 6.07) is 16.2. The normalized spacial score (nSPS) is 11.3. The Morgan fingerprint density at radius 1 is 1.00 bits per heavy atom. The summed E-state index contributed by atoms with van der Waals surface area (Å²) in [6.45, 7) is 2.05. The van der Waals surface area contributed by atoms with E-state index in [-0.39, 0.29) is 0 Å². The number of aromatic nitrogens is 3. The number of hydrogen-bond acceptors (Lipinski definition) is 3. The second-order valence-corrected chi connectivity index (χ2v) is 5.14. The summed E-state index contributed by atoms with van der Waals surface area (Å²) in [5.41, 5.74) is 11.2. The fourth-order valence-electron chi connectivity index (χ4n) is 2.74. The number of rotatable bonds is 1. The van der Waals surface area contributed by atoms with E-state index in [0.717, 1.165) is 27.6 Å². The van der Waals surface area contributed by atoms with Crippen molar-refractivity contribution in [1.29, 1.82) is 0 Å². The standard InChI is InChI=1S/C17H14N4/c1-11-7-8-16-14(10-11)20-17(18)21(16)15-6-2-5-13-12(15)4-3-9-19-13/h2-10H,1H3,(H2,18,20). The molecule has 2 aromatic carbocycles. The molecule has 4 heteroatoms. The highest BCUT2D eigenvalue weighted by Crippen LogP contribution is 2.28. The highest BCUT2D eigenvalue weighted by Gasteiger charge is 2.12. The van der Waals surface area contributed by atoms with Crippen LogP contribution in [0.15, 0.2) is 54.7 Å². The van der Waals surface area contributed by atoms with Gasteiger partial charge >= 0.3 is 0 Å². The zero-order valence-electron chi connectivity index (χ0n) is 11.6. The molecule has 0 radical (unpaired) electrons. The van der Waals surface area contributed by atoms with Gasteiger partial charge in [-0.3, -0.25) is 9.55 Å². The lowest BCUT2D eigenvalue weighted by Crippen LogP contribution is -2.01. The first-order valence-electron chi connectivity index (χ1n) is 6.83. The average Bonchev–Trinajstić information content (AvgIpc) is 2.81. The monoisotopic (exact) mass is 274 g/mol. The van der Waals surface area contributed by atoms with E-state index in [2.05, 4.69) is 35.1 Å². The predicted molar refractivity (Wildman–Crippen MR) is 85.5 cm³/mol. The van der Waals surface area contributed by atoms with Crippen molar-refractivity contribution < 1.29 is 0 Å². The van der Waals surface area contributed by atoms with Crippen LogP contribution in [0.2, 0.25) is 0 Å². The van der Waals surface area contributed by atoms with Gasteiger partial charge in [-0.15, -0.1) is 0 Å². The molecule has 2 aromatic heterocycles. The van der Waals surface area contributed by atoms with Crippen molar-refractivity contribution in [3.8, 4) is 5.69 Å². The number of imidazole rings is 1. The molecule has 0 unspecified atom stereocenters. The topological polar surface area (TPSA) is 56.7 Å². The van der Waals surface area contributed by atoms with E-state index in [1.54, 1.807) is 6.20 Å². The Kier molecular flexibility index (Phi) is 2.44. The summed E-state index contributed by atoms with van der Waals surface area (Å²) in [7, 11) is 0. The smallest absolute Gasteiger partial charge is 0.205 e. The number of benzene rings is 2. The molecule has 0 saturated carbocycles. The van der Waals surface area contributed by atoms with Gasteiger partial charge in [0.1, 0.15) is 0 Å². The quantitative estimate of drug-likeness (QED) is 0.578. The lowest BCUT2D eigenvalue weighted by molar-refractivity contribution is 1.12. The Morgan fingerprint density at radius 2 is 1.90 bits per heavy atom. The number of anilines is 1. The van der Waals surface area contributed by atoms with Crippen LogP contribution in [0.4, 0.5) is 5.95 Å². The van der Waals surface area contributed by atoms with Crippen molar-refractivity contribution in [3.05, 3.63) is 60.3 Å². The van der Waals surface area contributed by atoms with E-state index in [0.29, 0.717) is 5.95 Å². The first kappa shape index (κ1) is 11.9. The van der Waals surface area contributed by atoms with Gasteiger partial charge in [-0.05, 0) is 48.9 Å². The Hall–Kier alpha value is -2.88. The Balaban J connectivity index is 2.11. The predicted octanol–water partition coefficient (Wildman–Crippen LogP) is 3.46. The van der Waals surface area contributed by atoms with Crippen LogP contribution < -0.4 is 5.73 Å². The highest BCUT2D eigenvalue weighted by molar-refractivity contribution is 5.91. The van der Waals surface area contributed by atoms with E-state index in [4.69, 9.17) is 5.73 Å².